The summed E-state index contributed by atoms with van der Waals surface area (Å²) in [4.78, 5) is 24.8. The Bertz CT molecular complexity index is 442. The largest absolute Gasteiger partial charge is 0.339 e. The average molecular weight is 218 g/mol. The van der Waals surface area contributed by atoms with Gasteiger partial charge in [-0.05, 0) is 18.1 Å². The van der Waals surface area contributed by atoms with Gasteiger partial charge in [-0.1, -0.05) is 24.3 Å². The number of amides is 2. The number of benzene rings is 1. The third kappa shape index (κ3) is 1.78. The molecule has 1 fully saturated rings. The molecule has 2 rings (SSSR count). The summed E-state index contributed by atoms with van der Waals surface area (Å²) in [7, 11) is 1.65. The highest BCUT2D eigenvalue weighted by molar-refractivity contribution is 5.95. The Kier molecular flexibility index (Phi) is 2.64. The lowest BCUT2D eigenvalue weighted by molar-refractivity contribution is -0.143. The van der Waals surface area contributed by atoms with Gasteiger partial charge in [-0.3, -0.25) is 9.59 Å². The fourth-order valence-corrected chi connectivity index (χ4v) is 1.90. The van der Waals surface area contributed by atoms with Gasteiger partial charge in [0.15, 0.2) is 0 Å². The molecule has 0 saturated carbocycles. The molecule has 1 aromatic carbocycles. The van der Waals surface area contributed by atoms with Crippen LogP contribution in [0.25, 0.3) is 0 Å². The minimum atomic E-state index is -0.535. The van der Waals surface area contributed by atoms with Gasteiger partial charge in [-0.25, -0.2) is 0 Å². The Morgan fingerprint density at radius 2 is 2.00 bits per heavy atom. The van der Waals surface area contributed by atoms with Gasteiger partial charge in [-0.15, -0.1) is 0 Å². The molecule has 0 spiro atoms. The molecule has 1 aliphatic rings. The molecule has 0 aliphatic carbocycles. The van der Waals surface area contributed by atoms with Gasteiger partial charge in [0.25, 0.3) is 0 Å². The zero-order valence-electron chi connectivity index (χ0n) is 9.36. The molecule has 1 saturated heterocycles. The molecule has 4 heteroatoms. The average Bonchev–Trinajstić information content (AvgIpc) is 2.24. The predicted octanol–water partition coefficient (Wildman–Crippen LogP) is 0.624. The van der Waals surface area contributed by atoms with Crippen molar-refractivity contribution in [2.75, 3.05) is 13.6 Å². The Labute approximate surface area is 94.2 Å². The van der Waals surface area contributed by atoms with E-state index in [-0.39, 0.29) is 18.4 Å². The number of hydrogen-bond donors (Lipinski definition) is 1. The van der Waals surface area contributed by atoms with E-state index in [4.69, 9.17) is 0 Å². The molecule has 4 nitrogen and oxygen atoms in total. The molecular weight excluding hydrogens is 204 g/mol. The van der Waals surface area contributed by atoms with E-state index >= 15 is 0 Å². The monoisotopic (exact) mass is 218 g/mol. The van der Waals surface area contributed by atoms with Crippen molar-refractivity contribution >= 4 is 11.8 Å². The topological polar surface area (TPSA) is 49.4 Å². The molecule has 1 heterocycles. The maximum absolute atomic E-state index is 11.9. The van der Waals surface area contributed by atoms with E-state index in [0.29, 0.717) is 0 Å². The van der Waals surface area contributed by atoms with Crippen LogP contribution in [0.1, 0.15) is 17.2 Å². The molecule has 1 unspecified atom stereocenters. The standard InChI is InChI=1S/C12H14N2O2/c1-8-5-3-4-6-9(8)11-12(16)14(2)7-10(15)13-11/h3-6,11H,7H2,1-2H3,(H,13,15). The van der Waals surface area contributed by atoms with Gasteiger partial charge < -0.3 is 10.2 Å². The first-order chi connectivity index (χ1) is 7.59. The zero-order valence-corrected chi connectivity index (χ0v) is 9.36. The predicted molar refractivity (Wildman–Crippen MR) is 59.7 cm³/mol. The van der Waals surface area contributed by atoms with E-state index < -0.39 is 6.04 Å². The second-order valence-corrected chi connectivity index (χ2v) is 4.05. The van der Waals surface area contributed by atoms with Crippen LogP contribution in [0.2, 0.25) is 0 Å². The summed E-state index contributed by atoms with van der Waals surface area (Å²) < 4.78 is 0. The lowest BCUT2D eigenvalue weighted by Crippen LogP contribution is -2.51. The van der Waals surface area contributed by atoms with Crippen LogP contribution in [0.4, 0.5) is 0 Å². The Morgan fingerprint density at radius 1 is 1.31 bits per heavy atom. The van der Waals surface area contributed by atoms with Crippen molar-refractivity contribution in [3.8, 4) is 0 Å². The highest BCUT2D eigenvalue weighted by Crippen LogP contribution is 2.21. The van der Waals surface area contributed by atoms with Gasteiger partial charge in [0.2, 0.25) is 11.8 Å². The molecule has 2 amide bonds. The van der Waals surface area contributed by atoms with Crippen LogP contribution in [-0.4, -0.2) is 30.3 Å². The van der Waals surface area contributed by atoms with Crippen molar-refractivity contribution in [2.24, 2.45) is 0 Å². The van der Waals surface area contributed by atoms with E-state index in [1.807, 2.05) is 31.2 Å². The van der Waals surface area contributed by atoms with Crippen molar-refractivity contribution in [3.63, 3.8) is 0 Å². The lowest BCUT2D eigenvalue weighted by atomic mass is 9.99. The number of nitrogens with zero attached hydrogens (tertiary/aromatic N) is 1. The van der Waals surface area contributed by atoms with Crippen molar-refractivity contribution in [3.05, 3.63) is 35.4 Å². The van der Waals surface area contributed by atoms with Crippen LogP contribution < -0.4 is 5.32 Å². The maximum Gasteiger partial charge on any atom is 0.250 e. The van der Waals surface area contributed by atoms with Gasteiger partial charge in [0, 0.05) is 7.05 Å². The molecular formula is C12H14N2O2. The number of carbonyl (C=O) groups is 2. The third-order valence-electron chi connectivity index (χ3n) is 2.81. The summed E-state index contributed by atoms with van der Waals surface area (Å²) >= 11 is 0. The van der Waals surface area contributed by atoms with Crippen LogP contribution in [0.3, 0.4) is 0 Å². The first-order valence-corrected chi connectivity index (χ1v) is 5.19. The van der Waals surface area contributed by atoms with Crippen LogP contribution >= 0.6 is 0 Å². The van der Waals surface area contributed by atoms with Crippen LogP contribution in [0.15, 0.2) is 24.3 Å². The summed E-state index contributed by atoms with van der Waals surface area (Å²) in [5, 5.41) is 2.72. The van der Waals surface area contributed by atoms with E-state index in [9.17, 15) is 9.59 Å². The first kappa shape index (κ1) is 10.7. The van der Waals surface area contributed by atoms with Crippen molar-refractivity contribution in [2.45, 2.75) is 13.0 Å². The van der Waals surface area contributed by atoms with E-state index in [2.05, 4.69) is 5.32 Å². The van der Waals surface area contributed by atoms with Gasteiger partial charge in [-0.2, -0.15) is 0 Å². The van der Waals surface area contributed by atoms with E-state index in [1.54, 1.807) is 7.05 Å². The highest BCUT2D eigenvalue weighted by atomic mass is 16.2. The Morgan fingerprint density at radius 3 is 2.69 bits per heavy atom. The Hall–Kier alpha value is -1.84. The normalized spacial score (nSPS) is 20.9. The van der Waals surface area contributed by atoms with Crippen LogP contribution in [0.5, 0.6) is 0 Å². The number of carbonyl (C=O) groups excluding carboxylic acids is 2. The second kappa shape index (κ2) is 3.96. The Balaban J connectivity index is 2.36. The highest BCUT2D eigenvalue weighted by Gasteiger charge is 2.32. The van der Waals surface area contributed by atoms with Gasteiger partial charge >= 0.3 is 0 Å². The molecule has 0 aromatic heterocycles. The number of rotatable bonds is 1. The fourth-order valence-electron chi connectivity index (χ4n) is 1.90. The zero-order chi connectivity index (χ0) is 11.7. The van der Waals surface area contributed by atoms with Gasteiger partial charge in [0.05, 0.1) is 6.54 Å². The lowest BCUT2D eigenvalue weighted by Gasteiger charge is -2.30. The molecule has 1 atom stereocenters. The summed E-state index contributed by atoms with van der Waals surface area (Å²) in [5.41, 5.74) is 1.88. The summed E-state index contributed by atoms with van der Waals surface area (Å²) in [6, 6.07) is 7.06. The van der Waals surface area contributed by atoms with E-state index in [0.717, 1.165) is 11.1 Å². The van der Waals surface area contributed by atoms with Crippen molar-refractivity contribution in [1.82, 2.24) is 10.2 Å². The maximum atomic E-state index is 11.9. The number of aryl methyl sites for hydroxylation is 1. The fraction of sp³-hybridized carbons (Fsp3) is 0.333. The molecule has 1 N–H and O–H groups in total. The molecule has 0 bridgehead atoms. The molecule has 84 valence electrons. The van der Waals surface area contributed by atoms with Gasteiger partial charge in [0.1, 0.15) is 6.04 Å². The van der Waals surface area contributed by atoms with Crippen LogP contribution in [-0.2, 0) is 9.59 Å². The number of piperazine rings is 1. The van der Waals surface area contributed by atoms with E-state index in [1.165, 1.54) is 4.90 Å². The first-order valence-electron chi connectivity index (χ1n) is 5.19. The minimum Gasteiger partial charge on any atom is -0.339 e. The molecule has 0 radical (unpaired) electrons. The SMILES string of the molecule is Cc1ccccc1C1NC(=O)CN(C)C1=O. The third-order valence-corrected chi connectivity index (χ3v) is 2.81. The minimum absolute atomic E-state index is 0.0612. The summed E-state index contributed by atoms with van der Waals surface area (Å²) in [5.74, 6) is -0.177. The second-order valence-electron chi connectivity index (χ2n) is 4.05. The smallest absolute Gasteiger partial charge is 0.250 e. The quantitative estimate of drug-likeness (QED) is 0.751. The summed E-state index contributed by atoms with van der Waals surface area (Å²) in [6.07, 6.45) is 0. The van der Waals surface area contributed by atoms with Crippen molar-refractivity contribution in [1.29, 1.82) is 0 Å². The molecule has 1 aromatic rings. The number of likely N-dealkylation sites (N-methyl/N-ethyl adjacent to an activating group) is 1. The number of hydrogen-bond acceptors (Lipinski definition) is 2. The summed E-state index contributed by atoms with van der Waals surface area (Å²) in [6.45, 7) is 2.07. The number of nitrogens with one attached hydrogen (secondary N) is 1. The van der Waals surface area contributed by atoms with Crippen LogP contribution in [0, 0.1) is 6.92 Å². The molecule has 16 heavy (non-hydrogen) atoms. The van der Waals surface area contributed by atoms with Crippen molar-refractivity contribution < 1.29 is 9.59 Å². The molecule has 1 aliphatic heterocycles.